The molecule has 1 N–H and O–H groups in total. The van der Waals surface area contributed by atoms with Crippen LogP contribution in [0, 0.1) is 0 Å². The standard InChI is InChI=1S/C17H18BrNO2/c18-14-8-4-5-9-15(14)21-17(13-6-2-1-3-7-13)16-12-19-10-11-20-16/h1-9,16-17,19H,10-12H2/t16-,17-/m0/s1/i18-4. The largest absolute Gasteiger partial charge is 0.482 e. The number of morpholine rings is 1. The van der Waals surface area contributed by atoms with Crippen molar-refractivity contribution in [2.45, 2.75) is 12.2 Å². The molecule has 1 fully saturated rings. The van der Waals surface area contributed by atoms with Crippen molar-refractivity contribution in [1.82, 2.24) is 5.32 Å². The summed E-state index contributed by atoms with van der Waals surface area (Å²) in [6, 6.07) is 18.1. The Morgan fingerprint density at radius 2 is 1.86 bits per heavy atom. The van der Waals surface area contributed by atoms with Crippen molar-refractivity contribution in [2.24, 2.45) is 0 Å². The fourth-order valence-corrected chi connectivity index (χ4v) is 2.84. The van der Waals surface area contributed by atoms with Crippen LogP contribution in [-0.2, 0) is 4.74 Å². The van der Waals surface area contributed by atoms with Gasteiger partial charge in [-0.15, -0.1) is 0 Å². The minimum Gasteiger partial charge on any atom is -0.482 e. The van der Waals surface area contributed by atoms with Gasteiger partial charge in [-0.1, -0.05) is 42.5 Å². The maximum atomic E-state index is 6.26. The third kappa shape index (κ3) is 3.64. The molecule has 0 aliphatic carbocycles. The number of halogens is 1. The molecule has 1 aliphatic rings. The molecular formula is C17H18BrNO2. The zero-order valence-corrected chi connectivity index (χ0v) is 13.3. The maximum absolute atomic E-state index is 6.26. The Kier molecular flexibility index (Phi) is 4.91. The Morgan fingerprint density at radius 1 is 1.10 bits per heavy atom. The van der Waals surface area contributed by atoms with Gasteiger partial charge in [0.15, 0.2) is 6.10 Å². The van der Waals surface area contributed by atoms with E-state index in [1.54, 1.807) is 0 Å². The van der Waals surface area contributed by atoms with Crippen LogP contribution in [0.25, 0.3) is 0 Å². The van der Waals surface area contributed by atoms with Gasteiger partial charge in [0, 0.05) is 13.1 Å². The average Bonchev–Trinajstić information content (AvgIpc) is 2.56. The first-order valence-electron chi connectivity index (χ1n) is 7.13. The average molecular weight is 344 g/mol. The van der Waals surface area contributed by atoms with Crippen LogP contribution < -0.4 is 10.1 Å². The summed E-state index contributed by atoms with van der Waals surface area (Å²) in [5.74, 6) is 0.834. The number of nitrogens with one attached hydrogen (secondary N) is 1. The highest BCUT2D eigenvalue weighted by atomic mass is 75.9. The summed E-state index contributed by atoms with van der Waals surface area (Å²) in [6.07, 6.45) is -0.119. The van der Waals surface area contributed by atoms with Gasteiger partial charge in [0.2, 0.25) is 0 Å². The first kappa shape index (κ1) is 14.6. The van der Waals surface area contributed by atoms with Gasteiger partial charge < -0.3 is 14.8 Å². The number of hydrogen-bond donors (Lipinski definition) is 1. The first-order valence-corrected chi connectivity index (χ1v) is 7.92. The zero-order valence-electron chi connectivity index (χ0n) is 11.7. The lowest BCUT2D eigenvalue weighted by Crippen LogP contribution is -2.43. The van der Waals surface area contributed by atoms with Crippen LogP contribution in [0.5, 0.6) is 5.75 Å². The molecule has 0 bridgehead atoms. The molecule has 2 aromatic rings. The van der Waals surface area contributed by atoms with Crippen LogP contribution in [0.3, 0.4) is 0 Å². The van der Waals surface area contributed by atoms with E-state index in [1.807, 2.05) is 42.5 Å². The second-order valence-corrected chi connectivity index (χ2v) is 5.85. The van der Waals surface area contributed by atoms with E-state index in [-0.39, 0.29) is 12.2 Å². The van der Waals surface area contributed by atoms with Gasteiger partial charge >= 0.3 is 0 Å². The van der Waals surface area contributed by atoms with Gasteiger partial charge in [0.05, 0.1) is 11.1 Å². The molecular weight excluding hydrogens is 326 g/mol. The predicted molar refractivity (Wildman–Crippen MR) is 86.6 cm³/mol. The SMILES string of the molecule is [76Br]c1ccccc1O[C@@H](c1ccccc1)[C@@H]1CNCCO1. The summed E-state index contributed by atoms with van der Waals surface area (Å²) in [5.41, 5.74) is 1.13. The van der Waals surface area contributed by atoms with E-state index in [1.165, 1.54) is 0 Å². The van der Waals surface area contributed by atoms with E-state index in [9.17, 15) is 0 Å². The smallest absolute Gasteiger partial charge is 0.151 e. The highest BCUT2D eigenvalue weighted by Crippen LogP contribution is 2.31. The van der Waals surface area contributed by atoms with Gasteiger partial charge in [-0.3, -0.25) is 0 Å². The van der Waals surface area contributed by atoms with Crippen molar-refractivity contribution in [3.8, 4) is 5.75 Å². The second kappa shape index (κ2) is 7.07. The molecule has 0 amide bonds. The van der Waals surface area contributed by atoms with Gasteiger partial charge in [-0.2, -0.15) is 0 Å². The summed E-state index contributed by atoms with van der Waals surface area (Å²) >= 11 is 3.54. The van der Waals surface area contributed by atoms with Crippen molar-refractivity contribution in [3.05, 3.63) is 64.6 Å². The third-order valence-electron chi connectivity index (χ3n) is 3.51. The Labute approximate surface area is 133 Å². The summed E-state index contributed by atoms with van der Waals surface area (Å²) in [7, 11) is 0. The third-order valence-corrected chi connectivity index (χ3v) is 4.17. The van der Waals surface area contributed by atoms with Gasteiger partial charge in [0.1, 0.15) is 11.9 Å². The lowest BCUT2D eigenvalue weighted by molar-refractivity contribution is -0.0434. The maximum Gasteiger partial charge on any atom is 0.151 e. The summed E-state index contributed by atoms with van der Waals surface area (Å²) < 4.78 is 13.1. The van der Waals surface area contributed by atoms with Gasteiger partial charge in [-0.25, -0.2) is 0 Å². The topological polar surface area (TPSA) is 30.5 Å². The van der Waals surface area contributed by atoms with Crippen molar-refractivity contribution in [3.63, 3.8) is 0 Å². The number of benzene rings is 2. The van der Waals surface area contributed by atoms with Crippen LogP contribution in [0.1, 0.15) is 11.7 Å². The fourth-order valence-electron chi connectivity index (χ4n) is 2.46. The summed E-state index contributed by atoms with van der Waals surface area (Å²) in [6.45, 7) is 2.41. The summed E-state index contributed by atoms with van der Waals surface area (Å²) in [5, 5.41) is 3.37. The quantitative estimate of drug-likeness (QED) is 0.920. The van der Waals surface area contributed by atoms with Crippen molar-refractivity contribution >= 4 is 15.9 Å². The van der Waals surface area contributed by atoms with Gasteiger partial charge in [-0.05, 0) is 33.6 Å². The van der Waals surface area contributed by atoms with Gasteiger partial charge in [0.25, 0.3) is 0 Å². The number of rotatable bonds is 4. The van der Waals surface area contributed by atoms with Crippen LogP contribution >= 0.6 is 15.9 Å². The molecule has 0 aromatic heterocycles. The van der Waals surface area contributed by atoms with Crippen LogP contribution in [0.15, 0.2) is 59.1 Å². The Hall–Kier alpha value is -1.36. The van der Waals surface area contributed by atoms with E-state index < -0.39 is 0 Å². The second-order valence-electron chi connectivity index (χ2n) is 4.99. The van der Waals surface area contributed by atoms with Crippen LogP contribution in [-0.4, -0.2) is 25.8 Å². The minimum atomic E-state index is -0.127. The lowest BCUT2D eigenvalue weighted by atomic mass is 10.0. The molecule has 0 spiro atoms. The molecule has 0 radical (unpaired) electrons. The number of para-hydroxylation sites is 1. The number of ether oxygens (including phenoxy) is 2. The normalized spacial score (nSPS) is 20.0. The van der Waals surface area contributed by atoms with E-state index in [0.29, 0.717) is 6.61 Å². The monoisotopic (exact) mass is 344 g/mol. The lowest BCUT2D eigenvalue weighted by Gasteiger charge is -2.31. The van der Waals surface area contributed by atoms with E-state index in [4.69, 9.17) is 9.47 Å². The highest BCUT2D eigenvalue weighted by molar-refractivity contribution is 9.10. The molecule has 1 saturated heterocycles. The molecule has 21 heavy (non-hydrogen) atoms. The van der Waals surface area contributed by atoms with E-state index in [0.717, 1.165) is 28.9 Å². The minimum absolute atomic E-state index is 0.00764. The Bertz CT molecular complexity index is 570. The Balaban J connectivity index is 1.87. The molecule has 1 heterocycles. The molecule has 2 atom stereocenters. The molecule has 0 saturated carbocycles. The van der Waals surface area contributed by atoms with Crippen LogP contribution in [0.2, 0.25) is 0 Å². The summed E-state index contributed by atoms with van der Waals surface area (Å²) in [4.78, 5) is 0. The number of hydrogen-bond acceptors (Lipinski definition) is 3. The molecule has 1 aliphatic heterocycles. The van der Waals surface area contributed by atoms with E-state index in [2.05, 4.69) is 33.4 Å². The molecule has 110 valence electrons. The zero-order chi connectivity index (χ0) is 14.5. The van der Waals surface area contributed by atoms with Crippen molar-refractivity contribution in [1.29, 1.82) is 0 Å². The molecule has 3 rings (SSSR count). The fraction of sp³-hybridized carbons (Fsp3) is 0.294. The molecule has 4 heteroatoms. The highest BCUT2D eigenvalue weighted by Gasteiger charge is 2.28. The molecule has 2 aromatic carbocycles. The predicted octanol–water partition coefficient (Wildman–Crippen LogP) is 3.56. The molecule has 3 nitrogen and oxygen atoms in total. The van der Waals surface area contributed by atoms with Crippen molar-refractivity contribution < 1.29 is 9.47 Å². The first-order chi connectivity index (χ1) is 10.3. The Morgan fingerprint density at radius 3 is 2.57 bits per heavy atom. The van der Waals surface area contributed by atoms with E-state index >= 15 is 0 Å². The molecule has 0 unspecified atom stereocenters. The van der Waals surface area contributed by atoms with Crippen LogP contribution in [0.4, 0.5) is 0 Å². The van der Waals surface area contributed by atoms with Crippen molar-refractivity contribution in [2.75, 3.05) is 19.7 Å².